The molecule has 0 spiro atoms. The molecule has 0 radical (unpaired) electrons. The molecule has 0 aliphatic heterocycles. The van der Waals surface area contributed by atoms with Gasteiger partial charge in [0.2, 0.25) is 0 Å². The van der Waals surface area contributed by atoms with E-state index in [1.165, 1.54) is 3.97 Å². The molecule has 0 N–H and O–H groups in total. The number of methoxy groups -OCH3 is 1. The molecule has 8 heteroatoms. The van der Waals surface area contributed by atoms with Gasteiger partial charge in [-0.3, -0.25) is 4.79 Å². The Morgan fingerprint density at radius 3 is 2.25 bits per heavy atom. The van der Waals surface area contributed by atoms with Crippen molar-refractivity contribution in [3.63, 3.8) is 0 Å². The number of hydrogen-bond acceptors (Lipinski definition) is 6. The maximum atomic E-state index is 14.1. The number of hydrogen-bond donors (Lipinski definition) is 0. The van der Waals surface area contributed by atoms with E-state index in [0.717, 1.165) is 43.8 Å². The molecule has 5 aromatic rings. The van der Waals surface area contributed by atoms with Crippen molar-refractivity contribution < 1.29 is 22.7 Å². The van der Waals surface area contributed by atoms with Gasteiger partial charge < -0.3 is 9.47 Å². The number of para-hydroxylation sites is 1. The molecule has 0 unspecified atom stereocenters. The van der Waals surface area contributed by atoms with Crippen LogP contribution in [0.3, 0.4) is 0 Å². The summed E-state index contributed by atoms with van der Waals surface area (Å²) in [6.45, 7) is 7.74. The number of fused-ring (bicyclic) bond motifs is 1. The van der Waals surface area contributed by atoms with E-state index in [4.69, 9.17) is 9.47 Å². The fourth-order valence-corrected chi connectivity index (χ4v) is 7.25. The molecule has 0 atom stereocenters. The number of aromatic nitrogens is 1. The standard InChI is InChI=1S/C36H37NO5S2/c1-25-14-20-28(21-15-25)44(39,40)37-24-31(29-10-6-7-12-32(29)37)34(26-16-18-27(41-5)19-17-26)30(33-13-9-23-43-33)11-8-22-42-35(38)36(2,3)4/h6-7,9-10,12-21,23-24H,8,11,22H2,1-5H3/b34-30-. The number of rotatable bonds is 10. The van der Waals surface area contributed by atoms with Crippen molar-refractivity contribution in [3.8, 4) is 5.75 Å². The third kappa shape index (κ3) is 6.51. The number of ether oxygens (including phenoxy) is 2. The predicted molar refractivity (Wildman–Crippen MR) is 179 cm³/mol. The van der Waals surface area contributed by atoms with Gasteiger partial charge in [0, 0.05) is 22.0 Å². The molecular weight excluding hydrogens is 591 g/mol. The van der Waals surface area contributed by atoms with Gasteiger partial charge in [0.15, 0.2) is 0 Å². The summed E-state index contributed by atoms with van der Waals surface area (Å²) in [5, 5.41) is 2.85. The third-order valence-electron chi connectivity index (χ3n) is 7.44. The first-order chi connectivity index (χ1) is 21.0. The highest BCUT2D eigenvalue weighted by Gasteiger charge is 2.26. The summed E-state index contributed by atoms with van der Waals surface area (Å²) >= 11 is 1.63. The predicted octanol–water partition coefficient (Wildman–Crippen LogP) is 8.59. The molecule has 0 saturated carbocycles. The van der Waals surface area contributed by atoms with Crippen molar-refractivity contribution in [1.82, 2.24) is 3.97 Å². The molecule has 0 aliphatic rings. The van der Waals surface area contributed by atoms with Crippen LogP contribution in [-0.4, -0.2) is 32.1 Å². The summed E-state index contributed by atoms with van der Waals surface area (Å²) in [7, 11) is -2.26. The number of benzene rings is 3. The highest BCUT2D eigenvalue weighted by Crippen LogP contribution is 2.41. The van der Waals surface area contributed by atoms with Crippen LogP contribution in [0.5, 0.6) is 5.75 Å². The SMILES string of the molecule is COc1ccc(/C(=C(\CCCOC(=O)C(C)(C)C)c2cccs2)c2cn(S(=O)(=O)c3ccc(C)cc3)c3ccccc23)cc1. The highest BCUT2D eigenvalue weighted by molar-refractivity contribution is 7.90. The monoisotopic (exact) mass is 627 g/mol. The Balaban J connectivity index is 1.71. The molecule has 6 nitrogen and oxygen atoms in total. The average molecular weight is 628 g/mol. The molecule has 0 aliphatic carbocycles. The maximum Gasteiger partial charge on any atom is 0.311 e. The largest absolute Gasteiger partial charge is 0.497 e. The Kier molecular flexibility index (Phi) is 9.13. The van der Waals surface area contributed by atoms with Gasteiger partial charge in [0.25, 0.3) is 10.0 Å². The first-order valence-corrected chi connectivity index (χ1v) is 16.8. The van der Waals surface area contributed by atoms with Gasteiger partial charge in [0.05, 0.1) is 29.5 Å². The van der Waals surface area contributed by atoms with Crippen LogP contribution in [0.15, 0.2) is 101 Å². The fourth-order valence-electron chi connectivity index (χ4n) is 5.07. The first kappa shape index (κ1) is 31.3. The van der Waals surface area contributed by atoms with Gasteiger partial charge in [0.1, 0.15) is 5.75 Å². The molecule has 3 aromatic carbocycles. The van der Waals surface area contributed by atoms with Crippen molar-refractivity contribution in [3.05, 3.63) is 118 Å². The Hall–Kier alpha value is -4.14. The summed E-state index contributed by atoms with van der Waals surface area (Å²) in [6.07, 6.45) is 2.96. The van der Waals surface area contributed by atoms with E-state index in [1.54, 1.807) is 36.8 Å². The van der Waals surface area contributed by atoms with Gasteiger partial charge in [-0.2, -0.15) is 0 Å². The lowest BCUT2D eigenvalue weighted by Crippen LogP contribution is -2.23. The zero-order valence-electron chi connectivity index (χ0n) is 25.7. The van der Waals surface area contributed by atoms with Gasteiger partial charge >= 0.3 is 5.97 Å². The lowest BCUT2D eigenvalue weighted by Gasteiger charge is -2.18. The molecule has 228 valence electrons. The molecule has 5 rings (SSSR count). The van der Waals surface area contributed by atoms with Gasteiger partial charge in [-0.1, -0.05) is 54.1 Å². The molecule has 0 fully saturated rings. The van der Waals surface area contributed by atoms with E-state index in [-0.39, 0.29) is 17.5 Å². The molecule has 0 bridgehead atoms. The lowest BCUT2D eigenvalue weighted by molar-refractivity contribution is -0.152. The zero-order valence-corrected chi connectivity index (χ0v) is 27.3. The number of thiophene rings is 1. The number of carbonyl (C=O) groups is 1. The second-order valence-corrected chi connectivity index (χ2v) is 14.5. The molecule has 0 amide bonds. The molecule has 2 heterocycles. The first-order valence-electron chi connectivity index (χ1n) is 14.5. The van der Waals surface area contributed by atoms with Crippen LogP contribution in [-0.2, 0) is 19.6 Å². The van der Waals surface area contributed by atoms with E-state index >= 15 is 0 Å². The normalized spacial score (nSPS) is 12.7. The second kappa shape index (κ2) is 12.8. The zero-order chi connectivity index (χ0) is 31.5. The number of esters is 1. The minimum absolute atomic E-state index is 0.226. The number of nitrogens with zero attached hydrogens (tertiary/aromatic N) is 1. The molecule has 44 heavy (non-hydrogen) atoms. The van der Waals surface area contributed by atoms with E-state index in [2.05, 4.69) is 6.07 Å². The molecular formula is C36H37NO5S2. The van der Waals surface area contributed by atoms with Crippen LogP contribution in [0.25, 0.3) is 22.0 Å². The molecule has 2 aromatic heterocycles. The summed E-state index contributed by atoms with van der Waals surface area (Å²) in [4.78, 5) is 13.7. The number of carbonyl (C=O) groups excluding carboxylic acids is 1. The number of allylic oxidation sites excluding steroid dienone is 1. The van der Waals surface area contributed by atoms with Crippen molar-refractivity contribution in [2.24, 2.45) is 5.41 Å². The second-order valence-electron chi connectivity index (χ2n) is 11.7. The minimum atomic E-state index is -3.89. The summed E-state index contributed by atoms with van der Waals surface area (Å²) in [5.74, 6) is 0.489. The van der Waals surface area contributed by atoms with Crippen LogP contribution in [0.1, 0.15) is 55.2 Å². The van der Waals surface area contributed by atoms with E-state index in [1.807, 2.05) is 99.8 Å². The van der Waals surface area contributed by atoms with Crippen LogP contribution in [0, 0.1) is 12.3 Å². The Bertz CT molecular complexity index is 1890. The lowest BCUT2D eigenvalue weighted by atomic mass is 9.90. The van der Waals surface area contributed by atoms with Crippen LogP contribution in [0.2, 0.25) is 0 Å². The quantitative estimate of drug-likeness (QED) is 0.115. The van der Waals surface area contributed by atoms with Crippen LogP contribution < -0.4 is 4.74 Å². The average Bonchev–Trinajstić information content (AvgIpc) is 3.68. The van der Waals surface area contributed by atoms with E-state index in [0.29, 0.717) is 18.4 Å². The van der Waals surface area contributed by atoms with Gasteiger partial charge in [-0.15, -0.1) is 11.3 Å². The highest BCUT2D eigenvalue weighted by atomic mass is 32.2. The van der Waals surface area contributed by atoms with Gasteiger partial charge in [-0.05, 0) is 99.0 Å². The Labute approximate surface area is 263 Å². The molecule has 0 saturated heterocycles. The third-order valence-corrected chi connectivity index (χ3v) is 10.1. The van der Waals surface area contributed by atoms with Crippen molar-refractivity contribution >= 4 is 49.4 Å². The maximum absolute atomic E-state index is 14.1. The Morgan fingerprint density at radius 1 is 0.909 bits per heavy atom. The van der Waals surface area contributed by atoms with Crippen molar-refractivity contribution in [2.75, 3.05) is 13.7 Å². The summed E-state index contributed by atoms with van der Waals surface area (Å²) in [6, 6.07) is 26.4. The van der Waals surface area contributed by atoms with Gasteiger partial charge in [-0.25, -0.2) is 12.4 Å². The summed E-state index contributed by atoms with van der Waals surface area (Å²) < 4.78 is 40.6. The van der Waals surface area contributed by atoms with E-state index in [9.17, 15) is 13.2 Å². The van der Waals surface area contributed by atoms with Crippen LogP contribution >= 0.6 is 11.3 Å². The minimum Gasteiger partial charge on any atom is -0.497 e. The van der Waals surface area contributed by atoms with Crippen LogP contribution in [0.4, 0.5) is 0 Å². The van der Waals surface area contributed by atoms with E-state index < -0.39 is 15.4 Å². The van der Waals surface area contributed by atoms with Crippen molar-refractivity contribution in [2.45, 2.75) is 45.4 Å². The topological polar surface area (TPSA) is 74.6 Å². The summed E-state index contributed by atoms with van der Waals surface area (Å²) in [5.41, 5.74) is 4.71. The smallest absolute Gasteiger partial charge is 0.311 e. The van der Waals surface area contributed by atoms with Crippen molar-refractivity contribution in [1.29, 1.82) is 0 Å². The fraction of sp³-hybridized carbons (Fsp3) is 0.250. The Morgan fingerprint density at radius 2 is 1.61 bits per heavy atom. The number of aryl methyl sites for hydroxylation is 1.